The molecule has 1 aliphatic rings. The smallest absolute Gasteiger partial charge is 0.303 e. The number of likely N-dealkylation sites (tertiary alicyclic amines) is 1. The van der Waals surface area contributed by atoms with Gasteiger partial charge >= 0.3 is 5.97 Å². The normalized spacial score (nSPS) is 22.1. The summed E-state index contributed by atoms with van der Waals surface area (Å²) in [6.45, 7) is 4.30. The van der Waals surface area contributed by atoms with Crippen molar-refractivity contribution in [2.45, 2.75) is 25.7 Å². The minimum absolute atomic E-state index is 0.277. The van der Waals surface area contributed by atoms with Gasteiger partial charge in [-0.25, -0.2) is 0 Å². The number of carbonyl (C=O) groups is 1. The molecule has 0 aromatic carbocycles. The minimum Gasteiger partial charge on any atom is -0.481 e. The largest absolute Gasteiger partial charge is 0.481 e. The molecule has 0 radical (unpaired) electrons. The summed E-state index contributed by atoms with van der Waals surface area (Å²) in [6, 6.07) is 0. The van der Waals surface area contributed by atoms with Gasteiger partial charge in [-0.15, -0.1) is 0 Å². The van der Waals surface area contributed by atoms with Gasteiger partial charge in [-0.05, 0) is 51.9 Å². The van der Waals surface area contributed by atoms with Crippen LogP contribution in [0.5, 0.6) is 0 Å². The highest BCUT2D eigenvalue weighted by Gasteiger charge is 2.18. The maximum absolute atomic E-state index is 10.2. The van der Waals surface area contributed by atoms with Crippen molar-refractivity contribution in [2.75, 3.05) is 33.2 Å². The van der Waals surface area contributed by atoms with Crippen LogP contribution in [0.25, 0.3) is 0 Å². The highest BCUT2D eigenvalue weighted by atomic mass is 16.4. The van der Waals surface area contributed by atoms with Crippen molar-refractivity contribution in [3.8, 4) is 0 Å². The Morgan fingerprint density at radius 1 is 1.53 bits per heavy atom. The average molecular weight is 214 g/mol. The molecule has 1 unspecified atom stereocenters. The summed E-state index contributed by atoms with van der Waals surface area (Å²) in [5, 5.41) is 11.7. The lowest BCUT2D eigenvalue weighted by Gasteiger charge is -2.10. The molecule has 1 atom stereocenters. The van der Waals surface area contributed by atoms with E-state index < -0.39 is 5.97 Å². The molecule has 0 aromatic rings. The van der Waals surface area contributed by atoms with E-state index in [9.17, 15) is 4.79 Å². The second-order valence-corrected chi connectivity index (χ2v) is 4.45. The fourth-order valence-corrected chi connectivity index (χ4v) is 2.06. The standard InChI is InChI=1S/C11H22N2O2/c1-13-8-5-10(9-13)4-7-12-6-2-3-11(14)15/h10,12H,2-9H2,1H3,(H,14,15). The number of nitrogens with zero attached hydrogens (tertiary/aromatic N) is 1. The molecule has 2 N–H and O–H groups in total. The maximum atomic E-state index is 10.2. The van der Waals surface area contributed by atoms with E-state index in [1.54, 1.807) is 0 Å². The highest BCUT2D eigenvalue weighted by Crippen LogP contribution is 2.16. The van der Waals surface area contributed by atoms with Crippen LogP contribution in [0, 0.1) is 5.92 Å². The number of hydrogen-bond donors (Lipinski definition) is 2. The van der Waals surface area contributed by atoms with Gasteiger partial charge in [0, 0.05) is 13.0 Å². The topological polar surface area (TPSA) is 52.6 Å². The number of hydrogen-bond acceptors (Lipinski definition) is 3. The van der Waals surface area contributed by atoms with Crippen LogP contribution in [0.2, 0.25) is 0 Å². The molecule has 0 aliphatic carbocycles. The summed E-state index contributed by atoms with van der Waals surface area (Å²) < 4.78 is 0. The number of carboxylic acids is 1. The average Bonchev–Trinajstić information content (AvgIpc) is 2.57. The Balaban J connectivity index is 1.87. The Morgan fingerprint density at radius 2 is 2.33 bits per heavy atom. The van der Waals surface area contributed by atoms with Crippen molar-refractivity contribution in [1.82, 2.24) is 10.2 Å². The summed E-state index contributed by atoms with van der Waals surface area (Å²) in [4.78, 5) is 12.6. The van der Waals surface area contributed by atoms with Gasteiger partial charge in [0.25, 0.3) is 0 Å². The van der Waals surface area contributed by atoms with Crippen molar-refractivity contribution in [3.63, 3.8) is 0 Å². The number of rotatable bonds is 7. The van der Waals surface area contributed by atoms with Crippen molar-refractivity contribution in [1.29, 1.82) is 0 Å². The summed E-state index contributed by atoms with van der Waals surface area (Å²) >= 11 is 0. The quantitative estimate of drug-likeness (QED) is 0.615. The third-order valence-corrected chi connectivity index (χ3v) is 2.96. The monoisotopic (exact) mass is 214 g/mol. The lowest BCUT2D eigenvalue weighted by molar-refractivity contribution is -0.137. The van der Waals surface area contributed by atoms with Gasteiger partial charge in [0.1, 0.15) is 0 Å². The van der Waals surface area contributed by atoms with Gasteiger partial charge in [-0.1, -0.05) is 0 Å². The lowest BCUT2D eigenvalue weighted by atomic mass is 10.1. The Kier molecular flexibility index (Phi) is 5.65. The summed E-state index contributed by atoms with van der Waals surface area (Å²) in [5.74, 6) is 0.135. The molecule has 1 rings (SSSR count). The third kappa shape index (κ3) is 5.74. The summed E-state index contributed by atoms with van der Waals surface area (Å²) in [6.07, 6.45) is 3.55. The van der Waals surface area contributed by atoms with E-state index in [-0.39, 0.29) is 6.42 Å². The molecule has 88 valence electrons. The van der Waals surface area contributed by atoms with Gasteiger partial charge in [0.15, 0.2) is 0 Å². The van der Waals surface area contributed by atoms with Crippen LogP contribution in [-0.2, 0) is 4.79 Å². The van der Waals surface area contributed by atoms with Crippen LogP contribution in [0.3, 0.4) is 0 Å². The van der Waals surface area contributed by atoms with Crippen LogP contribution in [-0.4, -0.2) is 49.2 Å². The molecule has 1 saturated heterocycles. The Morgan fingerprint density at radius 3 is 2.93 bits per heavy atom. The van der Waals surface area contributed by atoms with E-state index in [0.717, 1.165) is 25.4 Å². The zero-order valence-corrected chi connectivity index (χ0v) is 9.54. The van der Waals surface area contributed by atoms with Gasteiger partial charge < -0.3 is 15.3 Å². The summed E-state index contributed by atoms with van der Waals surface area (Å²) in [5.41, 5.74) is 0. The molecule has 0 spiro atoms. The lowest BCUT2D eigenvalue weighted by Crippen LogP contribution is -2.21. The van der Waals surface area contributed by atoms with E-state index in [2.05, 4.69) is 17.3 Å². The van der Waals surface area contributed by atoms with Gasteiger partial charge in [0.2, 0.25) is 0 Å². The van der Waals surface area contributed by atoms with E-state index >= 15 is 0 Å². The van der Waals surface area contributed by atoms with Crippen LogP contribution >= 0.6 is 0 Å². The molecule has 0 saturated carbocycles. The minimum atomic E-state index is -0.700. The molecular weight excluding hydrogens is 192 g/mol. The molecule has 15 heavy (non-hydrogen) atoms. The van der Waals surface area contributed by atoms with Gasteiger partial charge in [-0.2, -0.15) is 0 Å². The fraction of sp³-hybridized carbons (Fsp3) is 0.909. The maximum Gasteiger partial charge on any atom is 0.303 e. The van der Waals surface area contributed by atoms with Crippen molar-refractivity contribution < 1.29 is 9.90 Å². The predicted octanol–water partition coefficient (Wildman–Crippen LogP) is 0.783. The van der Waals surface area contributed by atoms with Crippen LogP contribution in [0.15, 0.2) is 0 Å². The zero-order chi connectivity index (χ0) is 11.1. The SMILES string of the molecule is CN1CCC(CCNCCCC(=O)O)C1. The zero-order valence-electron chi connectivity index (χ0n) is 9.54. The molecule has 4 nitrogen and oxygen atoms in total. The van der Waals surface area contributed by atoms with Crippen molar-refractivity contribution in [3.05, 3.63) is 0 Å². The van der Waals surface area contributed by atoms with Crippen LogP contribution in [0.1, 0.15) is 25.7 Å². The third-order valence-electron chi connectivity index (χ3n) is 2.96. The molecule has 1 heterocycles. The van der Waals surface area contributed by atoms with Crippen LogP contribution < -0.4 is 5.32 Å². The second kappa shape index (κ2) is 6.80. The first-order valence-electron chi connectivity index (χ1n) is 5.79. The number of nitrogens with one attached hydrogen (secondary N) is 1. The number of carboxylic acid groups (broad SMARTS) is 1. The van der Waals surface area contributed by atoms with Gasteiger partial charge in [-0.3, -0.25) is 4.79 Å². The van der Waals surface area contributed by atoms with Crippen molar-refractivity contribution in [2.24, 2.45) is 5.92 Å². The first-order chi connectivity index (χ1) is 7.18. The molecular formula is C11H22N2O2. The molecule has 4 heteroatoms. The first-order valence-corrected chi connectivity index (χ1v) is 5.79. The molecule has 0 aromatic heterocycles. The number of aliphatic carboxylic acids is 1. The molecule has 1 fully saturated rings. The molecule has 1 aliphatic heterocycles. The fourth-order valence-electron chi connectivity index (χ4n) is 2.06. The Hall–Kier alpha value is -0.610. The first kappa shape index (κ1) is 12.5. The molecule has 0 bridgehead atoms. The molecule has 0 amide bonds. The Labute approximate surface area is 91.6 Å². The van der Waals surface area contributed by atoms with Gasteiger partial charge in [0.05, 0.1) is 0 Å². The van der Waals surface area contributed by atoms with Crippen LogP contribution in [0.4, 0.5) is 0 Å². The highest BCUT2D eigenvalue weighted by molar-refractivity contribution is 5.66. The van der Waals surface area contributed by atoms with E-state index in [0.29, 0.717) is 0 Å². The van der Waals surface area contributed by atoms with E-state index in [1.807, 2.05) is 0 Å². The van der Waals surface area contributed by atoms with Crippen molar-refractivity contribution >= 4 is 5.97 Å². The second-order valence-electron chi connectivity index (χ2n) is 4.45. The van der Waals surface area contributed by atoms with E-state index in [1.165, 1.54) is 25.9 Å². The van der Waals surface area contributed by atoms with E-state index in [4.69, 9.17) is 5.11 Å². The predicted molar refractivity (Wildman–Crippen MR) is 60.0 cm³/mol. The summed E-state index contributed by atoms with van der Waals surface area (Å²) in [7, 11) is 2.17. The Bertz CT molecular complexity index is 197.